The molecule has 0 aliphatic heterocycles. The van der Waals surface area contributed by atoms with Crippen molar-refractivity contribution in [2.24, 2.45) is 0 Å². The molecule has 0 saturated carbocycles. The number of hydrogen-bond acceptors (Lipinski definition) is 4. The number of nitrogens with zero attached hydrogens (tertiary/aromatic N) is 3. The van der Waals surface area contributed by atoms with E-state index in [1.165, 1.54) is 32.7 Å². The first-order valence-electron chi connectivity index (χ1n) is 15.1. The van der Waals surface area contributed by atoms with Gasteiger partial charge < -0.3 is 4.42 Å². The van der Waals surface area contributed by atoms with Crippen LogP contribution < -0.4 is 0 Å². The molecule has 4 nitrogen and oxygen atoms in total. The summed E-state index contributed by atoms with van der Waals surface area (Å²) in [6.45, 7) is 0. The standard InChI is InChI=1S/C41H24ClN3O/c42-41-44-39(43-40(45-41)36-13-6-12-35-34-11-3-4-14-37(34)46-38(35)36)32-10-5-9-28(22-32)30-19-16-26-17-20-31(24-33(26)23-30)29-18-15-25-7-1-2-8-27(25)21-29/h1-24H. The first-order chi connectivity index (χ1) is 22.7. The maximum atomic E-state index is 6.51. The minimum atomic E-state index is 0.130. The van der Waals surface area contributed by atoms with E-state index >= 15 is 0 Å². The van der Waals surface area contributed by atoms with Gasteiger partial charge in [0.1, 0.15) is 11.2 Å². The molecular weight excluding hydrogens is 586 g/mol. The fourth-order valence-corrected chi connectivity index (χ4v) is 6.50. The van der Waals surface area contributed by atoms with Gasteiger partial charge in [-0.25, -0.2) is 4.98 Å². The van der Waals surface area contributed by atoms with Crippen molar-refractivity contribution in [3.05, 3.63) is 151 Å². The van der Waals surface area contributed by atoms with Gasteiger partial charge in [-0.2, -0.15) is 9.97 Å². The van der Waals surface area contributed by atoms with Crippen molar-refractivity contribution in [1.29, 1.82) is 0 Å². The minimum Gasteiger partial charge on any atom is -0.455 e. The molecule has 9 aromatic rings. The van der Waals surface area contributed by atoms with Gasteiger partial charge in [0.25, 0.3) is 0 Å². The second-order valence-electron chi connectivity index (χ2n) is 11.5. The van der Waals surface area contributed by atoms with E-state index in [-0.39, 0.29) is 5.28 Å². The van der Waals surface area contributed by atoms with Crippen LogP contribution >= 0.6 is 11.6 Å². The van der Waals surface area contributed by atoms with Gasteiger partial charge in [-0.15, -0.1) is 0 Å². The highest BCUT2D eigenvalue weighted by Gasteiger charge is 2.16. The highest BCUT2D eigenvalue weighted by atomic mass is 35.5. The van der Waals surface area contributed by atoms with Crippen molar-refractivity contribution < 1.29 is 4.42 Å². The Morgan fingerprint density at radius 1 is 0.413 bits per heavy atom. The lowest BCUT2D eigenvalue weighted by atomic mass is 9.96. The highest BCUT2D eigenvalue weighted by molar-refractivity contribution is 6.28. The number of halogens is 1. The number of aromatic nitrogens is 3. The van der Waals surface area contributed by atoms with Crippen molar-refractivity contribution in [3.8, 4) is 45.0 Å². The Balaban J connectivity index is 1.10. The lowest BCUT2D eigenvalue weighted by Gasteiger charge is -2.10. The quantitative estimate of drug-likeness (QED) is 0.199. The third kappa shape index (κ3) is 4.59. The Kier molecular flexibility index (Phi) is 6.15. The van der Waals surface area contributed by atoms with Crippen molar-refractivity contribution >= 4 is 55.1 Å². The maximum absolute atomic E-state index is 6.51. The topological polar surface area (TPSA) is 51.8 Å². The summed E-state index contributed by atoms with van der Waals surface area (Å²) >= 11 is 6.51. The van der Waals surface area contributed by atoms with Crippen LogP contribution in [0.15, 0.2) is 150 Å². The predicted octanol–water partition coefficient (Wildman–Crippen LogP) is 11.4. The zero-order chi connectivity index (χ0) is 30.6. The third-order valence-electron chi connectivity index (χ3n) is 8.63. The molecule has 0 bridgehead atoms. The van der Waals surface area contributed by atoms with E-state index in [4.69, 9.17) is 21.0 Å². The molecule has 0 atom stereocenters. The monoisotopic (exact) mass is 609 g/mol. The fourth-order valence-electron chi connectivity index (χ4n) is 6.34. The minimum absolute atomic E-state index is 0.130. The number of benzene rings is 7. The van der Waals surface area contributed by atoms with Crippen LogP contribution in [0.1, 0.15) is 0 Å². The van der Waals surface area contributed by atoms with E-state index in [0.29, 0.717) is 11.6 Å². The molecule has 0 N–H and O–H groups in total. The molecule has 0 saturated heterocycles. The van der Waals surface area contributed by atoms with Gasteiger partial charge in [-0.1, -0.05) is 109 Å². The van der Waals surface area contributed by atoms with E-state index in [0.717, 1.165) is 44.2 Å². The summed E-state index contributed by atoms with van der Waals surface area (Å²) in [5.74, 6) is 0.973. The van der Waals surface area contributed by atoms with Gasteiger partial charge in [0.2, 0.25) is 5.28 Å². The Bertz CT molecular complexity index is 2620. The van der Waals surface area contributed by atoms with E-state index in [2.05, 4.69) is 107 Å². The largest absolute Gasteiger partial charge is 0.455 e. The van der Waals surface area contributed by atoms with Gasteiger partial charge in [-0.05, 0) is 91.8 Å². The molecule has 9 rings (SSSR count). The predicted molar refractivity (Wildman–Crippen MR) is 189 cm³/mol. The summed E-state index contributed by atoms with van der Waals surface area (Å²) in [4.78, 5) is 13.9. The first-order valence-corrected chi connectivity index (χ1v) is 15.5. The summed E-state index contributed by atoms with van der Waals surface area (Å²) in [7, 11) is 0. The molecular formula is C41H24ClN3O. The molecule has 216 valence electrons. The molecule has 0 unspecified atom stereocenters. The van der Waals surface area contributed by atoms with E-state index in [1.54, 1.807) is 0 Å². The van der Waals surface area contributed by atoms with Gasteiger partial charge in [0.15, 0.2) is 11.6 Å². The second kappa shape index (κ2) is 10.7. The Morgan fingerprint density at radius 2 is 1.00 bits per heavy atom. The number of furan rings is 1. The summed E-state index contributed by atoms with van der Waals surface area (Å²) < 4.78 is 6.25. The van der Waals surface area contributed by atoms with Crippen LogP contribution in [-0.2, 0) is 0 Å². The molecule has 0 spiro atoms. The van der Waals surface area contributed by atoms with Crippen molar-refractivity contribution in [2.75, 3.05) is 0 Å². The Labute approximate surface area is 269 Å². The normalized spacial score (nSPS) is 11.6. The average Bonchev–Trinajstić information content (AvgIpc) is 3.50. The van der Waals surface area contributed by atoms with Crippen LogP contribution in [0.5, 0.6) is 0 Å². The maximum Gasteiger partial charge on any atom is 0.226 e. The van der Waals surface area contributed by atoms with E-state index < -0.39 is 0 Å². The van der Waals surface area contributed by atoms with Gasteiger partial charge in [0, 0.05) is 16.3 Å². The van der Waals surface area contributed by atoms with E-state index in [9.17, 15) is 0 Å². The molecule has 2 heterocycles. The number of fused-ring (bicyclic) bond motifs is 5. The zero-order valence-electron chi connectivity index (χ0n) is 24.5. The summed E-state index contributed by atoms with van der Waals surface area (Å²) in [5.41, 5.74) is 7.73. The molecule has 5 heteroatoms. The molecule has 0 aliphatic carbocycles. The number of para-hydroxylation sites is 2. The highest BCUT2D eigenvalue weighted by Crippen LogP contribution is 2.36. The van der Waals surface area contributed by atoms with Crippen LogP contribution in [-0.4, -0.2) is 15.0 Å². The molecule has 0 amide bonds. The lowest BCUT2D eigenvalue weighted by molar-refractivity contribution is 0.669. The molecule has 2 aromatic heterocycles. The van der Waals surface area contributed by atoms with Crippen LogP contribution in [0.4, 0.5) is 0 Å². The Morgan fingerprint density at radius 3 is 1.80 bits per heavy atom. The molecule has 0 aliphatic rings. The Hall–Kier alpha value is -5.84. The molecule has 0 fully saturated rings. The van der Waals surface area contributed by atoms with Gasteiger partial charge in [-0.3, -0.25) is 0 Å². The van der Waals surface area contributed by atoms with Crippen LogP contribution in [0.2, 0.25) is 5.28 Å². The number of rotatable bonds is 4. The van der Waals surface area contributed by atoms with Gasteiger partial charge >= 0.3 is 0 Å². The molecule has 7 aromatic carbocycles. The fraction of sp³-hybridized carbons (Fsp3) is 0. The van der Waals surface area contributed by atoms with Crippen molar-refractivity contribution in [1.82, 2.24) is 15.0 Å². The first kappa shape index (κ1) is 26.6. The summed E-state index contributed by atoms with van der Waals surface area (Å²) in [6, 6.07) is 50.6. The number of hydrogen-bond donors (Lipinski definition) is 0. The summed E-state index contributed by atoms with van der Waals surface area (Å²) in [6.07, 6.45) is 0. The summed E-state index contributed by atoms with van der Waals surface area (Å²) in [5, 5.41) is 7.04. The third-order valence-corrected chi connectivity index (χ3v) is 8.80. The van der Waals surface area contributed by atoms with Crippen LogP contribution in [0.3, 0.4) is 0 Å². The van der Waals surface area contributed by atoms with Crippen LogP contribution in [0, 0.1) is 0 Å². The lowest BCUT2D eigenvalue weighted by Crippen LogP contribution is -1.97. The SMILES string of the molecule is Clc1nc(-c2cccc(-c3ccc4ccc(-c5ccc6ccccc6c5)cc4c3)c2)nc(-c2cccc3c2oc2ccccc23)n1. The van der Waals surface area contributed by atoms with Crippen LogP contribution in [0.25, 0.3) is 88.5 Å². The van der Waals surface area contributed by atoms with E-state index in [1.807, 2.05) is 48.5 Å². The zero-order valence-corrected chi connectivity index (χ0v) is 25.2. The van der Waals surface area contributed by atoms with Crippen molar-refractivity contribution in [3.63, 3.8) is 0 Å². The second-order valence-corrected chi connectivity index (χ2v) is 11.8. The van der Waals surface area contributed by atoms with Crippen molar-refractivity contribution in [2.45, 2.75) is 0 Å². The molecule has 46 heavy (non-hydrogen) atoms. The average molecular weight is 610 g/mol. The van der Waals surface area contributed by atoms with Gasteiger partial charge in [0.05, 0.1) is 5.56 Å². The smallest absolute Gasteiger partial charge is 0.226 e. The molecule has 0 radical (unpaired) electrons.